The molecule has 1 aromatic carbocycles. The molecule has 0 fully saturated rings. The Morgan fingerprint density at radius 3 is 2.65 bits per heavy atom. The molecule has 1 rings (SSSR count). The first-order valence-corrected chi connectivity index (χ1v) is 7.78. The van der Waals surface area contributed by atoms with Crippen molar-refractivity contribution in [3.63, 3.8) is 0 Å². The molecule has 0 aromatic heterocycles. The Hall–Kier alpha value is -2.08. The number of ketones is 1. The minimum atomic E-state index is -0.0293. The van der Waals surface area contributed by atoms with Gasteiger partial charge in [0.2, 0.25) is 5.91 Å². The lowest BCUT2D eigenvalue weighted by atomic mass is 10.1. The van der Waals surface area contributed by atoms with Crippen LogP contribution in [0.3, 0.4) is 0 Å². The fraction of sp³-hybridized carbons (Fsp3) is 0.529. The zero-order valence-electron chi connectivity index (χ0n) is 14.1. The summed E-state index contributed by atoms with van der Waals surface area (Å²) >= 11 is 0. The smallest absolute Gasteiger partial charge is 0.220 e. The number of nitrogens with two attached hydrogens (primary N) is 1. The molecule has 0 aliphatic rings. The molecule has 0 saturated heterocycles. The van der Waals surface area contributed by atoms with Crippen molar-refractivity contribution in [2.45, 2.75) is 39.2 Å². The quantitative estimate of drug-likeness (QED) is 0.507. The summed E-state index contributed by atoms with van der Waals surface area (Å²) in [6, 6.07) is 5.14. The number of benzene rings is 1. The topological polar surface area (TPSA) is 90.6 Å². The summed E-state index contributed by atoms with van der Waals surface area (Å²) < 4.78 is 10.8. The van der Waals surface area contributed by atoms with E-state index in [1.807, 2.05) is 6.92 Å². The van der Waals surface area contributed by atoms with Crippen molar-refractivity contribution >= 4 is 11.7 Å². The highest BCUT2D eigenvalue weighted by atomic mass is 16.5. The number of rotatable bonds is 10. The van der Waals surface area contributed by atoms with E-state index in [1.54, 1.807) is 18.2 Å². The summed E-state index contributed by atoms with van der Waals surface area (Å²) in [6.07, 6.45) is 1.76. The number of Topliss-reactive ketones (excluding diaryl/α,β-unsaturated/α-hetero) is 1. The van der Waals surface area contributed by atoms with E-state index in [1.165, 1.54) is 14.0 Å². The zero-order chi connectivity index (χ0) is 17.2. The molecule has 3 N–H and O–H groups in total. The third kappa shape index (κ3) is 7.15. The molecule has 0 radical (unpaired) electrons. The average Bonchev–Trinajstić information content (AvgIpc) is 2.51. The van der Waals surface area contributed by atoms with Crippen LogP contribution in [0.2, 0.25) is 0 Å². The number of nitrogens with one attached hydrogen (secondary N) is 1. The van der Waals surface area contributed by atoms with Crippen molar-refractivity contribution in [1.29, 1.82) is 0 Å². The van der Waals surface area contributed by atoms with E-state index in [9.17, 15) is 9.59 Å². The van der Waals surface area contributed by atoms with Crippen molar-refractivity contribution in [2.24, 2.45) is 5.73 Å². The first-order chi connectivity index (χ1) is 10.9. The molecule has 23 heavy (non-hydrogen) atoms. The van der Waals surface area contributed by atoms with Crippen LogP contribution < -0.4 is 20.5 Å². The predicted octanol–water partition coefficient (Wildman–Crippen LogP) is 1.91. The summed E-state index contributed by atoms with van der Waals surface area (Å²) in [5, 5.41) is 2.82. The van der Waals surface area contributed by atoms with Crippen LogP contribution in [0.15, 0.2) is 18.2 Å². The second-order valence-corrected chi connectivity index (χ2v) is 5.49. The van der Waals surface area contributed by atoms with Gasteiger partial charge in [0.05, 0.1) is 13.7 Å². The Balaban J connectivity index is 2.35. The molecule has 6 nitrogen and oxygen atoms in total. The van der Waals surface area contributed by atoms with Gasteiger partial charge in [-0.3, -0.25) is 9.59 Å². The number of hydrogen-bond acceptors (Lipinski definition) is 5. The van der Waals surface area contributed by atoms with E-state index < -0.39 is 0 Å². The number of hydrogen-bond donors (Lipinski definition) is 2. The predicted molar refractivity (Wildman–Crippen MR) is 89.0 cm³/mol. The summed E-state index contributed by atoms with van der Waals surface area (Å²) in [6.45, 7) is 4.40. The molecule has 0 heterocycles. The second kappa shape index (κ2) is 9.84. The first-order valence-electron chi connectivity index (χ1n) is 7.78. The lowest BCUT2D eigenvalue weighted by Gasteiger charge is -2.11. The van der Waals surface area contributed by atoms with Gasteiger partial charge in [-0.15, -0.1) is 0 Å². The minimum Gasteiger partial charge on any atom is -0.493 e. The van der Waals surface area contributed by atoms with Crippen molar-refractivity contribution in [3.8, 4) is 11.5 Å². The maximum atomic E-state index is 11.6. The van der Waals surface area contributed by atoms with Gasteiger partial charge in [0.25, 0.3) is 0 Å². The molecule has 0 saturated carbocycles. The van der Waals surface area contributed by atoms with Crippen LogP contribution in [0.25, 0.3) is 0 Å². The summed E-state index contributed by atoms with van der Waals surface area (Å²) in [5.41, 5.74) is 6.19. The van der Waals surface area contributed by atoms with Crippen LogP contribution >= 0.6 is 0 Å². The number of amides is 1. The molecule has 0 spiro atoms. The molecular weight excluding hydrogens is 296 g/mol. The summed E-state index contributed by atoms with van der Waals surface area (Å²) in [5.74, 6) is 1.04. The maximum Gasteiger partial charge on any atom is 0.220 e. The number of ether oxygens (including phenoxy) is 2. The second-order valence-electron chi connectivity index (χ2n) is 5.49. The summed E-state index contributed by atoms with van der Waals surface area (Å²) in [4.78, 5) is 22.9. The van der Waals surface area contributed by atoms with E-state index in [4.69, 9.17) is 15.2 Å². The molecule has 0 aliphatic carbocycles. The Morgan fingerprint density at radius 2 is 2.04 bits per heavy atom. The van der Waals surface area contributed by atoms with E-state index in [-0.39, 0.29) is 17.7 Å². The molecule has 128 valence electrons. The fourth-order valence-electron chi connectivity index (χ4n) is 1.95. The van der Waals surface area contributed by atoms with Crippen LogP contribution in [0.1, 0.15) is 43.5 Å². The van der Waals surface area contributed by atoms with Gasteiger partial charge in [-0.1, -0.05) is 0 Å². The standard InChI is InChI=1S/C17H26N2O4/c1-12(18)8-9-19-17(21)5-4-10-23-15-7-6-14(13(2)20)11-16(15)22-3/h6-7,11-12H,4-5,8-10,18H2,1-3H3,(H,19,21). The number of methoxy groups -OCH3 is 1. The van der Waals surface area contributed by atoms with Gasteiger partial charge < -0.3 is 20.5 Å². The van der Waals surface area contributed by atoms with E-state index in [0.29, 0.717) is 43.1 Å². The summed E-state index contributed by atoms with van der Waals surface area (Å²) in [7, 11) is 1.53. The Labute approximate surface area is 137 Å². The van der Waals surface area contributed by atoms with Gasteiger partial charge in [0.15, 0.2) is 17.3 Å². The van der Waals surface area contributed by atoms with Crippen LogP contribution in [0.5, 0.6) is 11.5 Å². The Kier molecular flexibility index (Phi) is 8.11. The van der Waals surface area contributed by atoms with E-state index >= 15 is 0 Å². The van der Waals surface area contributed by atoms with E-state index in [0.717, 1.165) is 6.42 Å². The Morgan fingerprint density at radius 1 is 1.30 bits per heavy atom. The largest absolute Gasteiger partial charge is 0.493 e. The van der Waals surface area contributed by atoms with Crippen LogP contribution in [0.4, 0.5) is 0 Å². The Bertz CT molecular complexity index is 529. The third-order valence-electron chi connectivity index (χ3n) is 3.30. The molecular formula is C17H26N2O4. The first kappa shape index (κ1) is 19.0. The SMILES string of the molecule is COc1cc(C(C)=O)ccc1OCCCC(=O)NCCC(C)N. The van der Waals surface area contributed by atoms with Crippen molar-refractivity contribution in [3.05, 3.63) is 23.8 Å². The van der Waals surface area contributed by atoms with Crippen molar-refractivity contribution < 1.29 is 19.1 Å². The van der Waals surface area contributed by atoms with Gasteiger partial charge >= 0.3 is 0 Å². The van der Waals surface area contributed by atoms with Gasteiger partial charge in [0.1, 0.15) is 0 Å². The number of carbonyl (C=O) groups is 2. The van der Waals surface area contributed by atoms with Crippen molar-refractivity contribution in [1.82, 2.24) is 5.32 Å². The van der Waals surface area contributed by atoms with Crippen molar-refractivity contribution in [2.75, 3.05) is 20.3 Å². The fourth-order valence-corrected chi connectivity index (χ4v) is 1.95. The minimum absolute atomic E-state index is 0.00635. The lowest BCUT2D eigenvalue weighted by Crippen LogP contribution is -2.28. The molecule has 1 aromatic rings. The average molecular weight is 322 g/mol. The molecule has 1 atom stereocenters. The molecule has 0 bridgehead atoms. The van der Waals surface area contributed by atoms with Crippen LogP contribution in [-0.4, -0.2) is 38.0 Å². The zero-order valence-corrected chi connectivity index (χ0v) is 14.1. The van der Waals surface area contributed by atoms with E-state index in [2.05, 4.69) is 5.32 Å². The monoisotopic (exact) mass is 322 g/mol. The normalized spacial score (nSPS) is 11.7. The molecule has 1 unspecified atom stereocenters. The molecule has 0 aliphatic heterocycles. The van der Waals surface area contributed by atoms with Gasteiger partial charge in [0, 0.05) is 24.6 Å². The van der Waals surface area contributed by atoms with Gasteiger partial charge in [-0.25, -0.2) is 0 Å². The highest BCUT2D eigenvalue weighted by Gasteiger charge is 2.09. The number of carbonyl (C=O) groups excluding carboxylic acids is 2. The highest BCUT2D eigenvalue weighted by molar-refractivity contribution is 5.94. The maximum absolute atomic E-state index is 11.6. The van der Waals surface area contributed by atoms with Gasteiger partial charge in [-0.05, 0) is 44.9 Å². The highest BCUT2D eigenvalue weighted by Crippen LogP contribution is 2.28. The molecule has 6 heteroatoms. The van der Waals surface area contributed by atoms with Crippen LogP contribution in [-0.2, 0) is 4.79 Å². The van der Waals surface area contributed by atoms with Gasteiger partial charge in [-0.2, -0.15) is 0 Å². The van der Waals surface area contributed by atoms with Crippen LogP contribution in [0, 0.1) is 0 Å². The lowest BCUT2D eigenvalue weighted by molar-refractivity contribution is -0.121. The third-order valence-corrected chi connectivity index (χ3v) is 3.30. The molecule has 1 amide bonds.